The first kappa shape index (κ1) is 19.7. The van der Waals surface area contributed by atoms with Crippen LogP contribution in [-0.4, -0.2) is 32.0 Å². The molecule has 0 aliphatic rings. The lowest BCUT2D eigenvalue weighted by molar-refractivity contribution is -0.384. The van der Waals surface area contributed by atoms with Gasteiger partial charge in [-0.15, -0.1) is 0 Å². The van der Waals surface area contributed by atoms with Gasteiger partial charge >= 0.3 is 0 Å². The zero-order chi connectivity index (χ0) is 19.4. The van der Waals surface area contributed by atoms with Crippen LogP contribution in [-0.2, 0) is 0 Å². The van der Waals surface area contributed by atoms with E-state index in [1.807, 2.05) is 19.1 Å². The van der Waals surface area contributed by atoms with Crippen LogP contribution >= 0.6 is 15.9 Å². The van der Waals surface area contributed by atoms with Gasteiger partial charge in [0.25, 0.3) is 11.6 Å². The standard InChI is InChI=1S/C18H20BrN3O4/c1-11(12-6-8-17(26-4)14(19)9-12)20-18(23)13-5-7-15(21(2)3)16(10-13)22(24)25/h5-11H,1-4H3,(H,20,23). The number of benzene rings is 2. The third kappa shape index (κ3) is 4.32. The third-order valence-corrected chi connectivity index (χ3v) is 4.56. The van der Waals surface area contributed by atoms with Gasteiger partial charge in [-0.2, -0.15) is 0 Å². The van der Waals surface area contributed by atoms with Crippen LogP contribution in [0.4, 0.5) is 11.4 Å². The lowest BCUT2D eigenvalue weighted by atomic mass is 10.1. The number of halogens is 1. The Bertz CT molecular complexity index is 839. The van der Waals surface area contributed by atoms with E-state index in [0.29, 0.717) is 11.4 Å². The Labute approximate surface area is 160 Å². The predicted octanol–water partition coefficient (Wildman–Crippen LogP) is 3.92. The van der Waals surface area contributed by atoms with Gasteiger partial charge in [0.05, 0.1) is 22.5 Å². The molecule has 1 N–H and O–H groups in total. The minimum atomic E-state index is -0.490. The van der Waals surface area contributed by atoms with Gasteiger partial charge in [0, 0.05) is 25.7 Å². The fraction of sp³-hybridized carbons (Fsp3) is 0.278. The number of ether oxygens (including phenoxy) is 1. The van der Waals surface area contributed by atoms with Crippen molar-refractivity contribution in [3.63, 3.8) is 0 Å². The summed E-state index contributed by atoms with van der Waals surface area (Å²) in [7, 11) is 5.01. The highest BCUT2D eigenvalue weighted by Crippen LogP contribution is 2.29. The number of carbonyl (C=O) groups excluding carboxylic acids is 1. The van der Waals surface area contributed by atoms with E-state index >= 15 is 0 Å². The minimum Gasteiger partial charge on any atom is -0.496 e. The van der Waals surface area contributed by atoms with Crippen LogP contribution < -0.4 is 15.0 Å². The Morgan fingerprint density at radius 3 is 2.50 bits per heavy atom. The quantitative estimate of drug-likeness (QED) is 0.564. The second-order valence-electron chi connectivity index (χ2n) is 5.94. The van der Waals surface area contributed by atoms with Crippen LogP contribution in [0, 0.1) is 10.1 Å². The van der Waals surface area contributed by atoms with Gasteiger partial charge in [0.15, 0.2) is 0 Å². The molecule has 0 saturated carbocycles. The van der Waals surface area contributed by atoms with Gasteiger partial charge in [0.2, 0.25) is 0 Å². The van der Waals surface area contributed by atoms with E-state index in [1.165, 1.54) is 6.07 Å². The Kier molecular flexibility index (Phi) is 6.20. The molecule has 2 aromatic carbocycles. The molecule has 1 amide bonds. The van der Waals surface area contributed by atoms with Gasteiger partial charge in [-0.3, -0.25) is 14.9 Å². The number of methoxy groups -OCH3 is 1. The molecule has 0 radical (unpaired) electrons. The first-order chi connectivity index (χ1) is 12.2. The molecular formula is C18H20BrN3O4. The largest absolute Gasteiger partial charge is 0.496 e. The van der Waals surface area contributed by atoms with Crippen molar-refractivity contribution in [2.45, 2.75) is 13.0 Å². The van der Waals surface area contributed by atoms with Crippen LogP contribution in [0.5, 0.6) is 5.75 Å². The fourth-order valence-corrected chi connectivity index (χ4v) is 3.06. The van der Waals surface area contributed by atoms with Crippen molar-refractivity contribution < 1.29 is 14.5 Å². The van der Waals surface area contributed by atoms with Gasteiger partial charge in [-0.25, -0.2) is 0 Å². The number of nitrogens with zero attached hydrogens (tertiary/aromatic N) is 2. The molecular weight excluding hydrogens is 402 g/mol. The average Bonchev–Trinajstić information content (AvgIpc) is 2.60. The Morgan fingerprint density at radius 2 is 1.96 bits per heavy atom. The number of rotatable bonds is 6. The second-order valence-corrected chi connectivity index (χ2v) is 6.80. The van der Waals surface area contributed by atoms with Crippen molar-refractivity contribution in [1.82, 2.24) is 5.32 Å². The zero-order valence-electron chi connectivity index (χ0n) is 14.9. The van der Waals surface area contributed by atoms with Gasteiger partial charge < -0.3 is 15.0 Å². The molecule has 138 valence electrons. The molecule has 0 aromatic heterocycles. The first-order valence-corrected chi connectivity index (χ1v) is 8.64. The molecule has 0 aliphatic carbocycles. The van der Waals surface area contributed by atoms with Crippen molar-refractivity contribution in [1.29, 1.82) is 0 Å². The Hall–Kier alpha value is -2.61. The molecule has 1 unspecified atom stereocenters. The molecule has 0 aliphatic heterocycles. The van der Waals surface area contributed by atoms with Crippen molar-refractivity contribution in [2.24, 2.45) is 0 Å². The average molecular weight is 422 g/mol. The van der Waals surface area contributed by atoms with E-state index in [1.54, 1.807) is 44.3 Å². The van der Waals surface area contributed by atoms with Crippen molar-refractivity contribution in [3.05, 3.63) is 62.1 Å². The van der Waals surface area contributed by atoms with Crippen LogP contribution in [0.3, 0.4) is 0 Å². The number of hydrogen-bond donors (Lipinski definition) is 1. The number of nitro benzene ring substituents is 1. The summed E-state index contributed by atoms with van der Waals surface area (Å²) in [6, 6.07) is 9.68. The Morgan fingerprint density at radius 1 is 1.27 bits per heavy atom. The molecule has 0 bridgehead atoms. The molecule has 0 fully saturated rings. The number of carbonyl (C=O) groups is 1. The van der Waals surface area contributed by atoms with Gasteiger partial charge in [-0.1, -0.05) is 6.07 Å². The van der Waals surface area contributed by atoms with Gasteiger partial charge in [-0.05, 0) is 52.7 Å². The molecule has 2 rings (SSSR count). The number of nitro groups is 1. The molecule has 0 heterocycles. The predicted molar refractivity (Wildman–Crippen MR) is 104 cm³/mol. The van der Waals surface area contributed by atoms with Crippen LogP contribution in [0.2, 0.25) is 0 Å². The van der Waals surface area contributed by atoms with Crippen molar-refractivity contribution in [3.8, 4) is 5.75 Å². The first-order valence-electron chi connectivity index (χ1n) is 7.84. The summed E-state index contributed by atoms with van der Waals surface area (Å²) in [6.45, 7) is 1.84. The minimum absolute atomic E-state index is 0.109. The maximum absolute atomic E-state index is 12.5. The zero-order valence-corrected chi connectivity index (χ0v) is 16.5. The maximum atomic E-state index is 12.5. The number of hydrogen-bond acceptors (Lipinski definition) is 5. The molecule has 26 heavy (non-hydrogen) atoms. The van der Waals surface area contributed by atoms with E-state index in [9.17, 15) is 14.9 Å². The lowest BCUT2D eigenvalue weighted by Crippen LogP contribution is -2.26. The van der Waals surface area contributed by atoms with Crippen molar-refractivity contribution >= 4 is 33.2 Å². The highest BCUT2D eigenvalue weighted by Gasteiger charge is 2.20. The molecule has 0 saturated heterocycles. The van der Waals surface area contributed by atoms with Crippen LogP contribution in [0.1, 0.15) is 28.9 Å². The van der Waals surface area contributed by atoms with E-state index in [2.05, 4.69) is 21.2 Å². The monoisotopic (exact) mass is 421 g/mol. The lowest BCUT2D eigenvalue weighted by Gasteiger charge is -2.17. The van der Waals surface area contributed by atoms with E-state index < -0.39 is 4.92 Å². The number of nitrogens with one attached hydrogen (secondary N) is 1. The normalized spacial score (nSPS) is 11.6. The Balaban J connectivity index is 2.22. The molecule has 7 nitrogen and oxygen atoms in total. The van der Waals surface area contributed by atoms with E-state index in [-0.39, 0.29) is 23.2 Å². The summed E-state index contributed by atoms with van der Waals surface area (Å²) in [6.07, 6.45) is 0. The van der Waals surface area contributed by atoms with Gasteiger partial charge in [0.1, 0.15) is 11.4 Å². The molecule has 1 atom stereocenters. The van der Waals surface area contributed by atoms with Crippen LogP contribution in [0.25, 0.3) is 0 Å². The molecule has 8 heteroatoms. The highest BCUT2D eigenvalue weighted by atomic mass is 79.9. The SMILES string of the molecule is COc1ccc(C(C)NC(=O)c2ccc(N(C)C)c([N+](=O)[O-])c2)cc1Br. The molecule has 2 aromatic rings. The number of amides is 1. The summed E-state index contributed by atoms with van der Waals surface area (Å²) in [5.74, 6) is 0.319. The number of anilines is 1. The summed E-state index contributed by atoms with van der Waals surface area (Å²) >= 11 is 3.42. The van der Waals surface area contributed by atoms with E-state index in [0.717, 1.165) is 10.0 Å². The maximum Gasteiger partial charge on any atom is 0.293 e. The van der Waals surface area contributed by atoms with Crippen LogP contribution in [0.15, 0.2) is 40.9 Å². The summed E-state index contributed by atoms with van der Waals surface area (Å²) < 4.78 is 5.98. The van der Waals surface area contributed by atoms with Crippen molar-refractivity contribution in [2.75, 3.05) is 26.1 Å². The summed E-state index contributed by atoms with van der Waals surface area (Å²) in [5.41, 5.74) is 1.45. The van der Waals surface area contributed by atoms with E-state index in [4.69, 9.17) is 4.74 Å². The third-order valence-electron chi connectivity index (χ3n) is 3.94. The summed E-state index contributed by atoms with van der Waals surface area (Å²) in [4.78, 5) is 24.9. The fourth-order valence-electron chi connectivity index (χ4n) is 2.50. The smallest absolute Gasteiger partial charge is 0.293 e. The topological polar surface area (TPSA) is 84.7 Å². The molecule has 0 spiro atoms. The second kappa shape index (κ2) is 8.18. The summed E-state index contributed by atoms with van der Waals surface area (Å²) in [5, 5.41) is 14.1. The highest BCUT2D eigenvalue weighted by molar-refractivity contribution is 9.10.